The molecule has 2 aliphatic rings. The normalized spacial score (nSPS) is 23.5. The molecule has 2 aromatic heterocycles. The summed E-state index contributed by atoms with van der Waals surface area (Å²) in [6.45, 7) is 14.7. The van der Waals surface area contributed by atoms with Crippen LogP contribution in [0.3, 0.4) is 0 Å². The van der Waals surface area contributed by atoms with Gasteiger partial charge in [-0.15, -0.1) is 0 Å². The number of pyridine rings is 1. The smallest absolute Gasteiger partial charge is 0.330 e. The molecule has 1 saturated heterocycles. The molecule has 0 aromatic carbocycles. The number of fused-ring (bicyclic) bond motifs is 1. The van der Waals surface area contributed by atoms with E-state index in [0.717, 1.165) is 55.8 Å². The number of aryl methyl sites for hydroxylation is 1. The van der Waals surface area contributed by atoms with Crippen LogP contribution in [0, 0.1) is 10.8 Å². The van der Waals surface area contributed by atoms with Gasteiger partial charge in [0.15, 0.2) is 5.65 Å². The number of carbonyl (C=O) groups excluding carboxylic acids is 1. The first kappa shape index (κ1) is 25.9. The molecule has 1 saturated carbocycles. The van der Waals surface area contributed by atoms with Gasteiger partial charge in [-0.3, -0.25) is 13.9 Å². The van der Waals surface area contributed by atoms with Gasteiger partial charge in [-0.25, -0.2) is 9.78 Å². The van der Waals surface area contributed by atoms with Crippen LogP contribution >= 0.6 is 0 Å². The second-order valence-corrected chi connectivity index (χ2v) is 12.8. The number of imidazole rings is 1. The molecule has 3 heterocycles. The van der Waals surface area contributed by atoms with E-state index in [1.807, 2.05) is 11.6 Å². The van der Waals surface area contributed by atoms with Crippen molar-refractivity contribution < 1.29 is 4.79 Å². The molecule has 35 heavy (non-hydrogen) atoms. The van der Waals surface area contributed by atoms with Crippen LogP contribution in [0.1, 0.15) is 91.2 Å². The monoisotopic (exact) mass is 483 g/mol. The van der Waals surface area contributed by atoms with Gasteiger partial charge in [0, 0.05) is 44.2 Å². The minimum Gasteiger partial charge on any atom is -0.353 e. The molecule has 1 amide bonds. The Balaban J connectivity index is 1.47. The first-order chi connectivity index (χ1) is 16.4. The van der Waals surface area contributed by atoms with Gasteiger partial charge in [-0.05, 0) is 68.2 Å². The predicted molar refractivity (Wildman–Crippen MR) is 142 cm³/mol. The highest BCUT2D eigenvalue weighted by Gasteiger charge is 2.38. The van der Waals surface area contributed by atoms with E-state index < -0.39 is 0 Å². The van der Waals surface area contributed by atoms with Crippen molar-refractivity contribution in [3.63, 3.8) is 0 Å². The molecular weight excluding hydrogens is 438 g/mol. The largest absolute Gasteiger partial charge is 0.353 e. The van der Waals surface area contributed by atoms with Gasteiger partial charge in [0.05, 0.1) is 5.52 Å². The Morgan fingerprint density at radius 2 is 1.89 bits per heavy atom. The zero-order valence-electron chi connectivity index (χ0n) is 22.7. The SMILES string of the molecule is Cn1c(=O)n(CC(C)(C)C)c2ccc(C3CCC(C)(C)C(NC(=O)CCN4CCCCC4)C3)nc21. The van der Waals surface area contributed by atoms with Crippen molar-refractivity contribution in [2.24, 2.45) is 17.9 Å². The van der Waals surface area contributed by atoms with Crippen molar-refractivity contribution in [3.8, 4) is 0 Å². The zero-order chi connectivity index (χ0) is 25.4. The van der Waals surface area contributed by atoms with E-state index in [2.05, 4.69) is 57.0 Å². The van der Waals surface area contributed by atoms with Crippen LogP contribution in [0.2, 0.25) is 0 Å². The summed E-state index contributed by atoms with van der Waals surface area (Å²) >= 11 is 0. The summed E-state index contributed by atoms with van der Waals surface area (Å²) in [6.07, 6.45) is 7.36. The van der Waals surface area contributed by atoms with Crippen molar-refractivity contribution in [2.45, 2.75) is 98.1 Å². The molecule has 2 aromatic rings. The summed E-state index contributed by atoms with van der Waals surface area (Å²) in [5.74, 6) is 0.445. The lowest BCUT2D eigenvalue weighted by atomic mass is 9.68. The Bertz CT molecular complexity index is 1100. The third kappa shape index (κ3) is 5.99. The molecule has 1 N–H and O–H groups in total. The molecule has 0 spiro atoms. The van der Waals surface area contributed by atoms with E-state index in [1.54, 1.807) is 4.57 Å². The maximum atomic E-state index is 12.9. The number of nitrogens with zero attached hydrogens (tertiary/aromatic N) is 4. The number of likely N-dealkylation sites (tertiary alicyclic amines) is 1. The summed E-state index contributed by atoms with van der Waals surface area (Å²) in [5, 5.41) is 3.38. The van der Waals surface area contributed by atoms with Crippen molar-refractivity contribution >= 4 is 17.1 Å². The van der Waals surface area contributed by atoms with Gasteiger partial charge in [-0.1, -0.05) is 41.0 Å². The molecule has 0 radical (unpaired) electrons. The van der Waals surface area contributed by atoms with Crippen molar-refractivity contribution in [2.75, 3.05) is 19.6 Å². The Kier molecular flexibility index (Phi) is 7.46. The first-order valence-corrected chi connectivity index (χ1v) is 13.5. The summed E-state index contributed by atoms with van der Waals surface area (Å²) in [6, 6.07) is 4.29. The fourth-order valence-electron chi connectivity index (χ4n) is 5.82. The molecule has 4 rings (SSSR count). The first-order valence-electron chi connectivity index (χ1n) is 13.5. The highest BCUT2D eigenvalue weighted by Crippen LogP contribution is 2.42. The van der Waals surface area contributed by atoms with Crippen molar-refractivity contribution in [1.82, 2.24) is 24.3 Å². The number of aromatic nitrogens is 3. The van der Waals surface area contributed by atoms with Gasteiger partial charge in [-0.2, -0.15) is 0 Å². The van der Waals surface area contributed by atoms with Gasteiger partial charge >= 0.3 is 5.69 Å². The fraction of sp³-hybridized carbons (Fsp3) is 0.750. The third-order valence-corrected chi connectivity index (χ3v) is 8.09. The minimum absolute atomic E-state index is 0.00512. The maximum absolute atomic E-state index is 12.9. The maximum Gasteiger partial charge on any atom is 0.330 e. The fourth-order valence-corrected chi connectivity index (χ4v) is 5.82. The molecule has 2 unspecified atom stereocenters. The zero-order valence-corrected chi connectivity index (χ0v) is 22.7. The van der Waals surface area contributed by atoms with Crippen LogP contribution in [0.15, 0.2) is 16.9 Å². The molecule has 7 nitrogen and oxygen atoms in total. The van der Waals surface area contributed by atoms with Gasteiger partial charge in [0.25, 0.3) is 0 Å². The molecule has 7 heteroatoms. The number of carbonyl (C=O) groups is 1. The summed E-state index contributed by atoms with van der Waals surface area (Å²) in [5.41, 5.74) is 2.74. The van der Waals surface area contributed by atoms with Crippen LogP contribution in [0.4, 0.5) is 0 Å². The number of amides is 1. The van der Waals surface area contributed by atoms with E-state index in [9.17, 15) is 9.59 Å². The van der Waals surface area contributed by atoms with Crippen LogP contribution in [-0.4, -0.2) is 50.6 Å². The standard InChI is InChI=1S/C28H45N5O2/c1-27(2,3)19-33-22-11-10-21(29-25(22)31(6)26(33)35)20-12-14-28(4,5)23(18-20)30-24(34)13-17-32-15-8-7-9-16-32/h10-11,20,23H,7-9,12-19H2,1-6H3,(H,30,34). The predicted octanol–water partition coefficient (Wildman–Crippen LogP) is 4.44. The summed E-state index contributed by atoms with van der Waals surface area (Å²) in [4.78, 5) is 33.2. The highest BCUT2D eigenvalue weighted by atomic mass is 16.2. The number of hydrogen-bond acceptors (Lipinski definition) is 4. The molecule has 1 aliphatic carbocycles. The molecule has 0 bridgehead atoms. The lowest BCUT2D eigenvalue weighted by molar-refractivity contribution is -0.123. The Labute approximate surface area is 210 Å². The highest BCUT2D eigenvalue weighted by molar-refractivity contribution is 5.76. The molecule has 194 valence electrons. The van der Waals surface area contributed by atoms with E-state index >= 15 is 0 Å². The molecule has 2 fully saturated rings. The number of piperidine rings is 1. The topological polar surface area (TPSA) is 72.2 Å². The average molecular weight is 484 g/mol. The lowest BCUT2D eigenvalue weighted by Gasteiger charge is -2.42. The van der Waals surface area contributed by atoms with E-state index in [4.69, 9.17) is 4.98 Å². The molecular formula is C28H45N5O2. The minimum atomic E-state index is -0.0109. The Morgan fingerprint density at radius 1 is 1.17 bits per heavy atom. The van der Waals surface area contributed by atoms with E-state index in [0.29, 0.717) is 13.0 Å². The van der Waals surface area contributed by atoms with Crippen LogP contribution in [0.25, 0.3) is 11.2 Å². The second kappa shape index (κ2) is 10.1. The third-order valence-electron chi connectivity index (χ3n) is 8.09. The molecule has 1 aliphatic heterocycles. The lowest BCUT2D eigenvalue weighted by Crippen LogP contribution is -2.49. The van der Waals surface area contributed by atoms with Crippen LogP contribution in [0.5, 0.6) is 0 Å². The van der Waals surface area contributed by atoms with Crippen LogP contribution in [-0.2, 0) is 18.4 Å². The quantitative estimate of drug-likeness (QED) is 0.660. The summed E-state index contributed by atoms with van der Waals surface area (Å²) in [7, 11) is 1.82. The van der Waals surface area contributed by atoms with Crippen LogP contribution < -0.4 is 11.0 Å². The number of nitrogens with one attached hydrogen (secondary N) is 1. The van der Waals surface area contributed by atoms with Gasteiger partial charge in [0.1, 0.15) is 0 Å². The number of hydrogen-bond donors (Lipinski definition) is 1. The number of rotatable bonds is 6. The van der Waals surface area contributed by atoms with Crippen molar-refractivity contribution in [1.29, 1.82) is 0 Å². The van der Waals surface area contributed by atoms with Gasteiger partial charge in [0.2, 0.25) is 5.91 Å². The van der Waals surface area contributed by atoms with Gasteiger partial charge < -0.3 is 10.2 Å². The Hall–Kier alpha value is -2.15. The second-order valence-electron chi connectivity index (χ2n) is 12.8. The van der Waals surface area contributed by atoms with E-state index in [1.165, 1.54) is 19.3 Å². The van der Waals surface area contributed by atoms with E-state index in [-0.39, 0.29) is 34.4 Å². The molecule has 2 atom stereocenters. The summed E-state index contributed by atoms with van der Waals surface area (Å²) < 4.78 is 3.53. The Morgan fingerprint density at radius 3 is 2.57 bits per heavy atom. The average Bonchev–Trinajstić information content (AvgIpc) is 3.03. The van der Waals surface area contributed by atoms with Crippen molar-refractivity contribution in [3.05, 3.63) is 28.3 Å².